The van der Waals surface area contributed by atoms with Gasteiger partial charge in [0, 0.05) is 16.1 Å². The summed E-state index contributed by atoms with van der Waals surface area (Å²) >= 11 is 1.66. The number of hydrogen-bond acceptors (Lipinski definition) is 4. The number of benzene rings is 1. The van der Waals surface area contributed by atoms with Gasteiger partial charge in [-0.15, -0.1) is 11.3 Å². The Morgan fingerprint density at radius 3 is 2.82 bits per heavy atom. The molecule has 0 saturated carbocycles. The Hall–Kier alpha value is -2.32. The zero-order valence-electron chi connectivity index (χ0n) is 12.9. The largest absolute Gasteiger partial charge is 0.493 e. The Bertz CT molecular complexity index is 870. The molecule has 0 bridgehead atoms. The molecule has 1 aromatic carbocycles. The van der Waals surface area contributed by atoms with Gasteiger partial charge in [0.25, 0.3) is 0 Å². The van der Waals surface area contributed by atoms with Crippen molar-refractivity contribution in [3.8, 4) is 23.1 Å². The predicted molar refractivity (Wildman–Crippen MR) is 88.5 cm³/mol. The Morgan fingerprint density at radius 2 is 2.09 bits per heavy atom. The second-order valence-electron chi connectivity index (χ2n) is 5.03. The second kappa shape index (κ2) is 5.82. The Kier molecular flexibility index (Phi) is 3.86. The number of thiazole rings is 1. The first-order valence-electron chi connectivity index (χ1n) is 7.23. The molecule has 2 aromatic heterocycles. The summed E-state index contributed by atoms with van der Waals surface area (Å²) in [5, 5.41) is 9.22. The van der Waals surface area contributed by atoms with Crippen LogP contribution >= 0.6 is 11.3 Å². The first-order valence-corrected chi connectivity index (χ1v) is 8.05. The van der Waals surface area contributed by atoms with Gasteiger partial charge in [0.2, 0.25) is 0 Å². The summed E-state index contributed by atoms with van der Waals surface area (Å²) in [4.78, 5) is 6.94. The molecule has 22 heavy (non-hydrogen) atoms. The van der Waals surface area contributed by atoms with Crippen molar-refractivity contribution in [1.82, 2.24) is 9.38 Å². The summed E-state index contributed by atoms with van der Waals surface area (Å²) in [5.74, 6) is 0.810. The second-order valence-corrected chi connectivity index (χ2v) is 6.21. The summed E-state index contributed by atoms with van der Waals surface area (Å²) in [6, 6.07) is 10.1. The van der Waals surface area contributed by atoms with Gasteiger partial charge in [-0.2, -0.15) is 5.26 Å². The van der Waals surface area contributed by atoms with Crippen LogP contribution in [0.5, 0.6) is 5.75 Å². The average molecular weight is 311 g/mol. The zero-order chi connectivity index (χ0) is 15.7. The van der Waals surface area contributed by atoms with Crippen molar-refractivity contribution in [2.45, 2.75) is 27.2 Å². The SMILES string of the molecule is CCOc1ccccc1-c1nc2sc(C)c(C)n2c1CC#N. The average Bonchev–Trinajstić information content (AvgIpc) is 2.99. The summed E-state index contributed by atoms with van der Waals surface area (Å²) in [6.45, 7) is 6.72. The number of ether oxygens (including phenoxy) is 1. The fraction of sp³-hybridized carbons (Fsp3) is 0.294. The molecule has 0 aliphatic heterocycles. The van der Waals surface area contributed by atoms with Gasteiger partial charge in [-0.25, -0.2) is 4.98 Å². The molecule has 0 aliphatic carbocycles. The number of hydrogen-bond donors (Lipinski definition) is 0. The fourth-order valence-electron chi connectivity index (χ4n) is 2.61. The number of nitriles is 1. The minimum Gasteiger partial charge on any atom is -0.493 e. The van der Waals surface area contributed by atoms with Crippen molar-refractivity contribution in [3.63, 3.8) is 0 Å². The zero-order valence-corrected chi connectivity index (χ0v) is 13.7. The minimum absolute atomic E-state index is 0.327. The van der Waals surface area contributed by atoms with Gasteiger partial charge in [0.1, 0.15) is 5.75 Å². The van der Waals surface area contributed by atoms with E-state index < -0.39 is 0 Å². The molecule has 3 rings (SSSR count). The lowest BCUT2D eigenvalue weighted by Crippen LogP contribution is -1.98. The van der Waals surface area contributed by atoms with Gasteiger partial charge in [0.05, 0.1) is 30.5 Å². The van der Waals surface area contributed by atoms with Crippen molar-refractivity contribution in [1.29, 1.82) is 5.26 Å². The summed E-state index contributed by atoms with van der Waals surface area (Å²) in [5.41, 5.74) is 3.88. The molecule has 5 heteroatoms. The number of aromatic nitrogens is 2. The topological polar surface area (TPSA) is 50.3 Å². The molecule has 4 nitrogen and oxygen atoms in total. The van der Waals surface area contributed by atoms with Gasteiger partial charge >= 0.3 is 0 Å². The summed E-state index contributed by atoms with van der Waals surface area (Å²) in [6.07, 6.45) is 0.327. The maximum absolute atomic E-state index is 9.22. The normalized spacial score (nSPS) is 10.8. The number of imidazole rings is 1. The molecular formula is C17H17N3OS. The Labute approximate surface area is 133 Å². The molecular weight excluding hydrogens is 294 g/mol. The van der Waals surface area contributed by atoms with E-state index in [4.69, 9.17) is 9.72 Å². The molecule has 2 heterocycles. The van der Waals surface area contributed by atoms with E-state index in [-0.39, 0.29) is 0 Å². The van der Waals surface area contributed by atoms with E-state index in [1.165, 1.54) is 4.88 Å². The molecule has 3 aromatic rings. The summed E-state index contributed by atoms with van der Waals surface area (Å²) in [7, 11) is 0. The first kappa shape index (κ1) is 14.6. The van der Waals surface area contributed by atoms with Crippen molar-refractivity contribution in [2.24, 2.45) is 0 Å². The van der Waals surface area contributed by atoms with E-state index in [9.17, 15) is 5.26 Å². The third kappa shape index (κ3) is 2.26. The number of rotatable bonds is 4. The Morgan fingerprint density at radius 1 is 1.32 bits per heavy atom. The van der Waals surface area contributed by atoms with Crippen LogP contribution in [0.4, 0.5) is 0 Å². The van der Waals surface area contributed by atoms with Crippen LogP contribution in [0.1, 0.15) is 23.2 Å². The van der Waals surface area contributed by atoms with Crippen molar-refractivity contribution in [3.05, 3.63) is 40.5 Å². The molecule has 0 aliphatic rings. The molecule has 0 unspecified atom stereocenters. The van der Waals surface area contributed by atoms with Gasteiger partial charge in [-0.1, -0.05) is 12.1 Å². The highest BCUT2D eigenvalue weighted by Crippen LogP contribution is 2.35. The quantitative estimate of drug-likeness (QED) is 0.727. The van der Waals surface area contributed by atoms with Gasteiger partial charge < -0.3 is 4.74 Å². The third-order valence-electron chi connectivity index (χ3n) is 3.72. The molecule has 0 N–H and O–H groups in total. The predicted octanol–water partition coefficient (Wildman–Crippen LogP) is 4.14. The highest BCUT2D eigenvalue weighted by Gasteiger charge is 2.20. The molecule has 0 amide bonds. The maximum Gasteiger partial charge on any atom is 0.194 e. The highest BCUT2D eigenvalue weighted by molar-refractivity contribution is 7.17. The highest BCUT2D eigenvalue weighted by atomic mass is 32.1. The van der Waals surface area contributed by atoms with E-state index in [0.29, 0.717) is 13.0 Å². The van der Waals surface area contributed by atoms with Crippen molar-refractivity contribution >= 4 is 16.3 Å². The van der Waals surface area contributed by atoms with Crippen LogP contribution in [0.3, 0.4) is 0 Å². The minimum atomic E-state index is 0.327. The number of para-hydroxylation sites is 1. The first-order chi connectivity index (χ1) is 10.7. The van der Waals surface area contributed by atoms with E-state index in [1.54, 1.807) is 11.3 Å². The molecule has 112 valence electrons. The van der Waals surface area contributed by atoms with Crippen LogP contribution < -0.4 is 4.74 Å². The number of nitrogens with zero attached hydrogens (tertiary/aromatic N) is 3. The summed E-state index contributed by atoms with van der Waals surface area (Å²) < 4.78 is 7.82. The van der Waals surface area contributed by atoms with Crippen LogP contribution in [0.15, 0.2) is 24.3 Å². The van der Waals surface area contributed by atoms with E-state index >= 15 is 0 Å². The van der Waals surface area contributed by atoms with Crippen LogP contribution in [-0.4, -0.2) is 16.0 Å². The van der Waals surface area contributed by atoms with Gasteiger partial charge in [0.15, 0.2) is 4.96 Å². The van der Waals surface area contributed by atoms with E-state index in [2.05, 4.69) is 24.3 Å². The lowest BCUT2D eigenvalue weighted by molar-refractivity contribution is 0.341. The molecule has 0 radical (unpaired) electrons. The van der Waals surface area contributed by atoms with E-state index in [1.807, 2.05) is 31.2 Å². The third-order valence-corrected chi connectivity index (χ3v) is 4.78. The van der Waals surface area contributed by atoms with E-state index in [0.717, 1.165) is 33.4 Å². The lowest BCUT2D eigenvalue weighted by Gasteiger charge is -2.09. The van der Waals surface area contributed by atoms with Crippen LogP contribution in [0.2, 0.25) is 0 Å². The van der Waals surface area contributed by atoms with Crippen LogP contribution in [0.25, 0.3) is 16.2 Å². The molecule has 0 spiro atoms. The maximum atomic E-state index is 9.22. The number of fused-ring (bicyclic) bond motifs is 1. The van der Waals surface area contributed by atoms with Crippen molar-refractivity contribution in [2.75, 3.05) is 6.61 Å². The molecule has 0 atom stereocenters. The number of aryl methyl sites for hydroxylation is 2. The monoisotopic (exact) mass is 311 g/mol. The van der Waals surface area contributed by atoms with Crippen LogP contribution in [0, 0.1) is 25.2 Å². The Balaban J connectivity index is 2.27. The lowest BCUT2D eigenvalue weighted by atomic mass is 10.1. The fourth-order valence-corrected chi connectivity index (χ4v) is 3.60. The smallest absolute Gasteiger partial charge is 0.194 e. The van der Waals surface area contributed by atoms with Crippen molar-refractivity contribution < 1.29 is 4.74 Å². The van der Waals surface area contributed by atoms with Gasteiger partial charge in [-0.05, 0) is 32.9 Å². The standard InChI is InChI=1S/C17H17N3OS/c1-4-21-15-8-6-5-7-13(15)16-14(9-10-18)20-11(2)12(3)22-17(20)19-16/h5-8H,4,9H2,1-3H3. The van der Waals surface area contributed by atoms with Gasteiger partial charge in [-0.3, -0.25) is 4.40 Å². The molecule has 0 saturated heterocycles. The van der Waals surface area contributed by atoms with Crippen LogP contribution in [-0.2, 0) is 6.42 Å². The molecule has 0 fully saturated rings.